The monoisotopic (exact) mass is 260 g/mol. The molecule has 0 aromatic rings. The van der Waals surface area contributed by atoms with Gasteiger partial charge in [-0.25, -0.2) is 4.79 Å². The van der Waals surface area contributed by atoms with E-state index >= 15 is 0 Å². The number of allylic oxidation sites excluding steroid dienone is 4. The molecule has 102 valence electrons. The quantitative estimate of drug-likeness (QED) is 0.679. The first-order valence-electron chi connectivity index (χ1n) is 6.86. The van der Waals surface area contributed by atoms with Crippen molar-refractivity contribution < 1.29 is 14.3 Å². The van der Waals surface area contributed by atoms with E-state index in [9.17, 15) is 4.79 Å². The maximum atomic E-state index is 11.9. The molecule has 2 aliphatic carbocycles. The van der Waals surface area contributed by atoms with Crippen molar-refractivity contribution in [1.82, 2.24) is 0 Å². The first-order chi connectivity index (χ1) is 8.98. The van der Waals surface area contributed by atoms with Gasteiger partial charge in [-0.15, -0.1) is 0 Å². The van der Waals surface area contributed by atoms with Gasteiger partial charge in [0.2, 0.25) is 5.79 Å². The number of hydrogen-bond acceptors (Lipinski definition) is 3. The molecule has 1 aliphatic heterocycles. The summed E-state index contributed by atoms with van der Waals surface area (Å²) in [7, 11) is 1.63. The molecule has 3 nitrogen and oxygen atoms in total. The van der Waals surface area contributed by atoms with Gasteiger partial charge in [0, 0.05) is 31.1 Å². The Morgan fingerprint density at radius 1 is 1.42 bits per heavy atom. The van der Waals surface area contributed by atoms with Crippen molar-refractivity contribution in [3.63, 3.8) is 0 Å². The number of fused-ring (bicyclic) bond motifs is 2. The number of hydrogen-bond donors (Lipinski definition) is 0. The van der Waals surface area contributed by atoms with Crippen LogP contribution >= 0.6 is 0 Å². The predicted molar refractivity (Wildman–Crippen MR) is 72.3 cm³/mol. The van der Waals surface area contributed by atoms with Gasteiger partial charge in [0.15, 0.2) is 0 Å². The van der Waals surface area contributed by atoms with Gasteiger partial charge >= 0.3 is 5.97 Å². The van der Waals surface area contributed by atoms with E-state index in [4.69, 9.17) is 9.47 Å². The van der Waals surface area contributed by atoms with E-state index in [0.29, 0.717) is 12.3 Å². The van der Waals surface area contributed by atoms with Crippen LogP contribution in [0.5, 0.6) is 0 Å². The normalized spacial score (nSPS) is 34.0. The van der Waals surface area contributed by atoms with Crippen LogP contribution in [0.2, 0.25) is 0 Å². The predicted octanol–water partition coefficient (Wildman–Crippen LogP) is 3.28. The van der Waals surface area contributed by atoms with Crippen LogP contribution in [0.3, 0.4) is 0 Å². The number of rotatable bonds is 1. The molecule has 2 atom stereocenters. The maximum absolute atomic E-state index is 11.9. The van der Waals surface area contributed by atoms with Crippen LogP contribution in [0, 0.1) is 5.92 Å². The third-order valence-corrected chi connectivity index (χ3v) is 4.76. The Kier molecular flexibility index (Phi) is 2.72. The molecule has 1 fully saturated rings. The summed E-state index contributed by atoms with van der Waals surface area (Å²) in [5.74, 6) is -0.713. The molecule has 0 aromatic heterocycles. The summed E-state index contributed by atoms with van der Waals surface area (Å²) in [6.45, 7) is 6.22. The Bertz CT molecular complexity index is 550. The number of ether oxygens (including phenoxy) is 2. The Labute approximate surface area is 114 Å². The van der Waals surface area contributed by atoms with Crippen molar-refractivity contribution in [3.8, 4) is 0 Å². The summed E-state index contributed by atoms with van der Waals surface area (Å²) in [4.78, 5) is 11.9. The summed E-state index contributed by atoms with van der Waals surface area (Å²) in [6, 6.07) is 0. The SMILES string of the molecule is CO[C@]12C[C@@H](C)C3=CCC(C)=C3CC1=C(C)C(=O)O2. The molecule has 3 aliphatic rings. The molecule has 1 heterocycles. The van der Waals surface area contributed by atoms with Crippen LogP contribution in [0.25, 0.3) is 0 Å². The van der Waals surface area contributed by atoms with E-state index in [0.717, 1.165) is 24.0 Å². The minimum Gasteiger partial charge on any atom is -0.426 e. The van der Waals surface area contributed by atoms with E-state index in [2.05, 4.69) is 19.9 Å². The van der Waals surface area contributed by atoms with Crippen LogP contribution in [0.4, 0.5) is 0 Å². The maximum Gasteiger partial charge on any atom is 0.336 e. The molecule has 3 heteroatoms. The Hall–Kier alpha value is -1.35. The second-order valence-corrected chi connectivity index (χ2v) is 5.85. The largest absolute Gasteiger partial charge is 0.426 e. The summed E-state index contributed by atoms with van der Waals surface area (Å²) in [5, 5.41) is 0. The van der Waals surface area contributed by atoms with Crippen LogP contribution in [-0.2, 0) is 14.3 Å². The summed E-state index contributed by atoms with van der Waals surface area (Å²) in [6.07, 6.45) is 4.85. The Morgan fingerprint density at radius 3 is 2.84 bits per heavy atom. The Morgan fingerprint density at radius 2 is 2.16 bits per heavy atom. The van der Waals surface area contributed by atoms with E-state index in [1.165, 1.54) is 16.7 Å². The van der Waals surface area contributed by atoms with E-state index in [-0.39, 0.29) is 5.97 Å². The molecule has 0 spiro atoms. The van der Waals surface area contributed by atoms with Crippen LogP contribution in [-0.4, -0.2) is 18.9 Å². The minimum absolute atomic E-state index is 0.229. The second kappa shape index (κ2) is 4.07. The molecule has 0 aromatic carbocycles. The molecule has 0 unspecified atom stereocenters. The van der Waals surface area contributed by atoms with Gasteiger partial charge in [-0.1, -0.05) is 18.6 Å². The molecule has 0 N–H and O–H groups in total. The van der Waals surface area contributed by atoms with Crippen molar-refractivity contribution in [2.45, 2.75) is 45.8 Å². The zero-order chi connectivity index (χ0) is 13.8. The van der Waals surface area contributed by atoms with Crippen molar-refractivity contribution in [1.29, 1.82) is 0 Å². The van der Waals surface area contributed by atoms with Crippen molar-refractivity contribution in [2.75, 3.05) is 7.11 Å². The lowest BCUT2D eigenvalue weighted by atomic mass is 9.93. The Balaban J connectivity index is 2.14. The highest BCUT2D eigenvalue weighted by Crippen LogP contribution is 2.50. The van der Waals surface area contributed by atoms with Crippen LogP contribution < -0.4 is 0 Å². The average molecular weight is 260 g/mol. The third-order valence-electron chi connectivity index (χ3n) is 4.76. The van der Waals surface area contributed by atoms with E-state index in [1.807, 2.05) is 6.92 Å². The van der Waals surface area contributed by atoms with Crippen LogP contribution in [0.15, 0.2) is 33.9 Å². The molecular formula is C16H20O3. The lowest BCUT2D eigenvalue weighted by Gasteiger charge is -2.29. The lowest BCUT2D eigenvalue weighted by Crippen LogP contribution is -2.35. The first kappa shape index (κ1) is 12.7. The highest BCUT2D eigenvalue weighted by atomic mass is 16.7. The summed E-state index contributed by atoms with van der Waals surface area (Å²) < 4.78 is 11.2. The highest BCUT2D eigenvalue weighted by molar-refractivity contribution is 5.92. The third kappa shape index (κ3) is 1.64. The topological polar surface area (TPSA) is 35.5 Å². The van der Waals surface area contributed by atoms with Gasteiger partial charge in [-0.3, -0.25) is 0 Å². The van der Waals surface area contributed by atoms with Crippen molar-refractivity contribution in [3.05, 3.63) is 33.9 Å². The van der Waals surface area contributed by atoms with Crippen molar-refractivity contribution >= 4 is 5.97 Å². The number of carbonyl (C=O) groups is 1. The van der Waals surface area contributed by atoms with Gasteiger partial charge in [0.1, 0.15) is 0 Å². The molecule has 1 saturated carbocycles. The molecule has 0 saturated heterocycles. The molecular weight excluding hydrogens is 240 g/mol. The molecule has 3 rings (SSSR count). The fraction of sp³-hybridized carbons (Fsp3) is 0.562. The smallest absolute Gasteiger partial charge is 0.336 e. The van der Waals surface area contributed by atoms with E-state index < -0.39 is 5.79 Å². The van der Waals surface area contributed by atoms with Gasteiger partial charge in [-0.05, 0) is 37.3 Å². The molecule has 19 heavy (non-hydrogen) atoms. The van der Waals surface area contributed by atoms with Gasteiger partial charge in [-0.2, -0.15) is 0 Å². The second-order valence-electron chi connectivity index (χ2n) is 5.85. The van der Waals surface area contributed by atoms with Gasteiger partial charge < -0.3 is 9.47 Å². The van der Waals surface area contributed by atoms with Gasteiger partial charge in [0.05, 0.1) is 0 Å². The molecule has 0 bridgehead atoms. The fourth-order valence-electron chi connectivity index (χ4n) is 3.57. The van der Waals surface area contributed by atoms with Crippen LogP contribution in [0.1, 0.15) is 40.0 Å². The molecule has 0 amide bonds. The number of esters is 1. The zero-order valence-corrected chi connectivity index (χ0v) is 12.0. The highest BCUT2D eigenvalue weighted by Gasteiger charge is 2.50. The lowest BCUT2D eigenvalue weighted by molar-refractivity contribution is -0.197. The van der Waals surface area contributed by atoms with E-state index in [1.54, 1.807) is 7.11 Å². The van der Waals surface area contributed by atoms with Crippen molar-refractivity contribution in [2.24, 2.45) is 5.92 Å². The summed E-state index contributed by atoms with van der Waals surface area (Å²) in [5.41, 5.74) is 5.96. The average Bonchev–Trinajstić information content (AvgIpc) is 2.80. The standard InChI is InChI=1S/C16H20O3/c1-9-5-6-12-10(2)8-16(18-4)14(7-13(9)12)11(3)15(17)19-16/h6,10H,5,7-8H2,1-4H3/t10-,16+/m1/s1. The minimum atomic E-state index is -0.834. The fourth-order valence-corrected chi connectivity index (χ4v) is 3.57. The summed E-state index contributed by atoms with van der Waals surface area (Å²) >= 11 is 0. The number of methoxy groups -OCH3 is 1. The van der Waals surface area contributed by atoms with Gasteiger partial charge in [0.25, 0.3) is 0 Å². The first-order valence-corrected chi connectivity index (χ1v) is 6.86. The molecule has 0 radical (unpaired) electrons. The zero-order valence-electron chi connectivity index (χ0n) is 12.0. The number of carbonyl (C=O) groups excluding carboxylic acids is 1.